The number of aryl methyl sites for hydroxylation is 2. The summed E-state index contributed by atoms with van der Waals surface area (Å²) in [6, 6.07) is 31.2. The molecule has 4 N–H and O–H groups in total. The van der Waals surface area contributed by atoms with Crippen LogP contribution in [0.15, 0.2) is 115 Å². The fourth-order valence-corrected chi connectivity index (χ4v) is 4.14. The molecule has 3 aromatic carbocycles. The van der Waals surface area contributed by atoms with Crippen LogP contribution >= 0.6 is 11.3 Å². The molecule has 0 amide bonds. The van der Waals surface area contributed by atoms with Crippen molar-refractivity contribution in [2.45, 2.75) is 45.7 Å². The van der Waals surface area contributed by atoms with Crippen molar-refractivity contribution in [1.82, 2.24) is 9.97 Å². The van der Waals surface area contributed by atoms with E-state index in [1.165, 1.54) is 17.5 Å². The lowest BCUT2D eigenvalue weighted by Crippen LogP contribution is -2.19. The Morgan fingerprint density at radius 1 is 0.786 bits per heavy atom. The van der Waals surface area contributed by atoms with E-state index in [4.69, 9.17) is 19.7 Å². The second-order valence-electron chi connectivity index (χ2n) is 8.68. The average molecular weight is 592 g/mol. The van der Waals surface area contributed by atoms with E-state index >= 15 is 0 Å². The minimum absolute atomic E-state index is 0.0754. The summed E-state index contributed by atoms with van der Waals surface area (Å²) in [5.74, 6) is 0. The van der Waals surface area contributed by atoms with Gasteiger partial charge in [-0.05, 0) is 54.9 Å². The molecule has 8 heteroatoms. The summed E-state index contributed by atoms with van der Waals surface area (Å²) < 4.78 is 11.3. The van der Waals surface area contributed by atoms with Crippen LogP contribution in [0.3, 0.4) is 0 Å². The molecule has 1 unspecified atom stereocenters. The number of ether oxygens (including phenoxy) is 2. The third-order valence-corrected chi connectivity index (χ3v) is 6.75. The Morgan fingerprint density at radius 3 is 1.79 bits per heavy atom. The molecular weight excluding hydrogens is 546 g/mol. The summed E-state index contributed by atoms with van der Waals surface area (Å²) in [7, 11) is 3.24. The number of aliphatic hydroxyl groups excluding tert-OH is 2. The highest BCUT2D eigenvalue weighted by atomic mass is 32.1. The van der Waals surface area contributed by atoms with E-state index in [2.05, 4.69) is 27.8 Å². The van der Waals surface area contributed by atoms with Crippen molar-refractivity contribution >= 4 is 11.3 Å². The van der Waals surface area contributed by atoms with Gasteiger partial charge in [-0.25, -0.2) is 9.97 Å². The molecule has 4 aromatic rings. The van der Waals surface area contributed by atoms with Crippen molar-refractivity contribution < 1.29 is 19.7 Å². The molecule has 4 rings (SSSR count). The Kier molecular flexibility index (Phi) is 21.9. The van der Waals surface area contributed by atoms with E-state index in [1.807, 2.05) is 97.2 Å². The van der Waals surface area contributed by atoms with Crippen LogP contribution < -0.4 is 5.73 Å². The minimum Gasteiger partial charge on any atom is -0.392 e. The first kappa shape index (κ1) is 36.5. The van der Waals surface area contributed by atoms with Gasteiger partial charge in [0.15, 0.2) is 0 Å². The molecule has 0 aliphatic carbocycles. The summed E-state index contributed by atoms with van der Waals surface area (Å²) in [5, 5.41) is 19.1. The largest absolute Gasteiger partial charge is 0.392 e. The van der Waals surface area contributed by atoms with E-state index in [1.54, 1.807) is 31.0 Å². The highest BCUT2D eigenvalue weighted by molar-refractivity contribution is 7.09. The van der Waals surface area contributed by atoms with Gasteiger partial charge in [-0.2, -0.15) is 0 Å². The molecule has 0 saturated heterocycles. The number of aromatic nitrogens is 2. The summed E-state index contributed by atoms with van der Waals surface area (Å²) in [6.45, 7) is 3.50. The van der Waals surface area contributed by atoms with Crippen LogP contribution in [0.2, 0.25) is 0 Å². The predicted octanol–water partition coefficient (Wildman–Crippen LogP) is 6.07. The van der Waals surface area contributed by atoms with Crippen molar-refractivity contribution in [3.63, 3.8) is 0 Å². The van der Waals surface area contributed by atoms with Gasteiger partial charge in [0.05, 0.1) is 38.2 Å². The first-order chi connectivity index (χ1) is 20.7. The zero-order valence-corrected chi connectivity index (χ0v) is 25.7. The van der Waals surface area contributed by atoms with Gasteiger partial charge in [0.1, 0.15) is 6.33 Å². The Balaban J connectivity index is 0.000000396. The van der Waals surface area contributed by atoms with E-state index in [0.29, 0.717) is 13.2 Å². The van der Waals surface area contributed by atoms with Crippen molar-refractivity contribution in [2.24, 2.45) is 5.73 Å². The molecule has 1 aromatic heterocycles. The molecule has 1 atom stereocenters. The predicted molar refractivity (Wildman–Crippen MR) is 172 cm³/mol. The number of hydrogen-bond acceptors (Lipinski definition) is 8. The molecule has 1 heterocycles. The van der Waals surface area contributed by atoms with Gasteiger partial charge in [0.25, 0.3) is 0 Å². The van der Waals surface area contributed by atoms with Gasteiger partial charge in [0, 0.05) is 18.2 Å². The van der Waals surface area contributed by atoms with Crippen molar-refractivity contribution in [1.29, 1.82) is 0 Å². The summed E-state index contributed by atoms with van der Waals surface area (Å²) in [4.78, 5) is 9.65. The quantitative estimate of drug-likeness (QED) is 0.205. The molecule has 0 aliphatic rings. The van der Waals surface area contributed by atoms with Gasteiger partial charge in [-0.3, -0.25) is 0 Å². The first-order valence-corrected chi connectivity index (χ1v) is 14.6. The van der Waals surface area contributed by atoms with Gasteiger partial charge >= 0.3 is 0 Å². The molecule has 7 nitrogen and oxygen atoms in total. The lowest BCUT2D eigenvalue weighted by atomic mass is 10.1. The topological polar surface area (TPSA) is 111 Å². The number of aliphatic hydroxyl groups is 2. The lowest BCUT2D eigenvalue weighted by Gasteiger charge is -2.15. The van der Waals surface area contributed by atoms with E-state index in [-0.39, 0.29) is 19.3 Å². The highest BCUT2D eigenvalue weighted by Crippen LogP contribution is 2.14. The molecule has 42 heavy (non-hydrogen) atoms. The maximum absolute atomic E-state index is 8.54. The number of nitrogens with zero attached hydrogens (tertiary/aromatic N) is 2. The number of benzene rings is 3. The third-order valence-electron chi connectivity index (χ3n) is 5.68. The van der Waals surface area contributed by atoms with Gasteiger partial charge in [-0.15, -0.1) is 11.3 Å². The Hall–Kier alpha value is -3.50. The second kappa shape index (κ2) is 25.2. The van der Waals surface area contributed by atoms with E-state index in [9.17, 15) is 0 Å². The summed E-state index contributed by atoms with van der Waals surface area (Å²) in [5.41, 5.74) is 8.61. The van der Waals surface area contributed by atoms with Crippen LogP contribution in [0.5, 0.6) is 0 Å². The van der Waals surface area contributed by atoms with Crippen molar-refractivity contribution in [3.8, 4) is 0 Å². The fraction of sp³-hybridized carbons (Fsp3) is 0.294. The Bertz CT molecular complexity index is 1170. The average Bonchev–Trinajstić information content (AvgIpc) is 3.17. The van der Waals surface area contributed by atoms with Crippen LogP contribution in [0.4, 0.5) is 0 Å². The molecule has 0 bridgehead atoms. The zero-order valence-electron chi connectivity index (χ0n) is 24.9. The SMILES string of the molecule is CN.COC(CCc1scccncnc1C)COCc1ccccc1.OCc1ccccc1.OCc1ccccc1. The number of rotatable bonds is 10. The van der Waals surface area contributed by atoms with E-state index < -0.39 is 0 Å². The maximum atomic E-state index is 8.54. The van der Waals surface area contributed by atoms with Gasteiger partial charge in [-0.1, -0.05) is 91.0 Å². The van der Waals surface area contributed by atoms with Gasteiger partial charge < -0.3 is 25.4 Å². The van der Waals surface area contributed by atoms with Gasteiger partial charge in [0.2, 0.25) is 0 Å². The Morgan fingerprint density at radius 2 is 1.31 bits per heavy atom. The second-order valence-corrected chi connectivity index (χ2v) is 9.68. The standard InChI is InChI=1S/C19H24N2O2S.2C7H8O.CH5N/c1-16-19(24-12-6-11-20-15-21-16)10-9-18(22-2)14-23-13-17-7-4-3-5-8-17;2*8-6-7-4-2-1-3-5-7;1-2/h3-8,11-12,15,18H,9-10,13-14H2,1-2H3;2*1-5,8H,6H2;2H2,1H3. The minimum atomic E-state index is 0.0754. The highest BCUT2D eigenvalue weighted by Gasteiger charge is 2.09. The van der Waals surface area contributed by atoms with Crippen LogP contribution in [0.1, 0.15) is 33.7 Å². The van der Waals surface area contributed by atoms with E-state index in [0.717, 1.165) is 29.7 Å². The molecule has 0 aliphatic heterocycles. The van der Waals surface area contributed by atoms with Crippen LogP contribution in [0.25, 0.3) is 0 Å². The smallest absolute Gasteiger partial charge is 0.115 e. The molecule has 0 fully saturated rings. The normalized spacial score (nSPS) is 10.3. The van der Waals surface area contributed by atoms with Crippen LogP contribution in [0, 0.1) is 6.92 Å². The molecular formula is C34H45N3O4S. The monoisotopic (exact) mass is 591 g/mol. The molecule has 0 radical (unpaired) electrons. The van der Waals surface area contributed by atoms with Crippen molar-refractivity contribution in [2.75, 3.05) is 20.8 Å². The Labute approximate surface area is 255 Å². The number of hydrogen-bond donors (Lipinski definition) is 3. The number of methoxy groups -OCH3 is 1. The third kappa shape index (κ3) is 17.3. The molecule has 0 spiro atoms. The van der Waals surface area contributed by atoms with Crippen LogP contribution in [-0.2, 0) is 35.7 Å². The fourth-order valence-electron chi connectivity index (χ4n) is 3.37. The lowest BCUT2D eigenvalue weighted by molar-refractivity contribution is -0.00160. The summed E-state index contributed by atoms with van der Waals surface area (Å²) in [6.07, 6.45) is 5.21. The molecule has 226 valence electrons. The van der Waals surface area contributed by atoms with Crippen molar-refractivity contribution in [3.05, 3.63) is 142 Å². The summed E-state index contributed by atoms with van der Waals surface area (Å²) >= 11 is 1.69. The first-order valence-electron chi connectivity index (χ1n) is 13.7. The maximum Gasteiger partial charge on any atom is 0.115 e. The molecule has 0 saturated carbocycles. The van der Waals surface area contributed by atoms with Crippen LogP contribution in [-0.4, -0.2) is 47.0 Å². The zero-order chi connectivity index (χ0) is 30.7. The number of nitrogens with two attached hydrogens (primary N) is 1.